The normalized spacial score (nSPS) is 18.9. The summed E-state index contributed by atoms with van der Waals surface area (Å²) in [4.78, 5) is 47.0. The summed E-state index contributed by atoms with van der Waals surface area (Å²) in [5.74, 6) is -2.52. The average Bonchev–Trinajstić information content (AvgIpc) is 3.47. The van der Waals surface area contributed by atoms with Gasteiger partial charge in [-0.3, -0.25) is 14.4 Å². The molecule has 0 fully saturated rings. The molecule has 154 valence electrons. The number of H-pyrrole nitrogens is 2. The minimum absolute atomic E-state index is 0.0561. The third-order valence-corrected chi connectivity index (χ3v) is 5.89. The zero-order valence-corrected chi connectivity index (χ0v) is 16.8. The predicted molar refractivity (Wildman–Crippen MR) is 114 cm³/mol. The van der Waals surface area contributed by atoms with Crippen LogP contribution in [0.4, 0.5) is 0 Å². The van der Waals surface area contributed by atoms with Gasteiger partial charge in [-0.15, -0.1) is 0 Å². The van der Waals surface area contributed by atoms with E-state index < -0.39 is 23.0 Å². The van der Waals surface area contributed by atoms with Gasteiger partial charge in [-0.05, 0) is 12.1 Å². The van der Waals surface area contributed by atoms with Crippen LogP contribution in [0.1, 0.15) is 11.1 Å². The lowest BCUT2D eigenvalue weighted by molar-refractivity contribution is -0.153. The predicted octanol–water partition coefficient (Wildman–Crippen LogP) is 3.27. The maximum Gasteiger partial charge on any atom is 0.332 e. The van der Waals surface area contributed by atoms with E-state index in [1.807, 2.05) is 30.3 Å². The van der Waals surface area contributed by atoms with Gasteiger partial charge in [0.15, 0.2) is 11.5 Å². The first kappa shape index (κ1) is 18.9. The summed E-state index contributed by atoms with van der Waals surface area (Å²) < 4.78 is 10.4. The van der Waals surface area contributed by atoms with Gasteiger partial charge in [0.2, 0.25) is 11.2 Å². The van der Waals surface area contributed by atoms with E-state index in [2.05, 4.69) is 9.97 Å². The topological polar surface area (TPSA) is 101 Å². The fourth-order valence-corrected chi connectivity index (χ4v) is 4.47. The molecule has 1 aliphatic rings. The Hall–Kier alpha value is -4.13. The molecule has 1 aliphatic carbocycles. The highest BCUT2D eigenvalue weighted by Gasteiger charge is 2.64. The molecule has 0 bridgehead atoms. The molecule has 0 saturated heterocycles. The number of fused-ring (bicyclic) bond motifs is 2. The number of aromatic nitrogens is 2. The monoisotopic (exact) mass is 414 g/mol. The highest BCUT2D eigenvalue weighted by molar-refractivity contribution is 6.52. The van der Waals surface area contributed by atoms with Crippen molar-refractivity contribution in [2.24, 2.45) is 0 Å². The molecule has 4 aromatic rings. The Morgan fingerprint density at radius 1 is 0.839 bits per heavy atom. The van der Waals surface area contributed by atoms with Crippen molar-refractivity contribution in [2.75, 3.05) is 14.2 Å². The lowest BCUT2D eigenvalue weighted by Crippen LogP contribution is -2.48. The molecule has 0 radical (unpaired) electrons. The Labute approximate surface area is 176 Å². The molecule has 0 saturated carbocycles. The number of esters is 1. The molecular weight excluding hydrogens is 396 g/mol. The molecule has 1 atom stereocenters. The zero-order chi connectivity index (χ0) is 21.8. The molecule has 2 aromatic heterocycles. The van der Waals surface area contributed by atoms with Gasteiger partial charge >= 0.3 is 5.97 Å². The standard InChI is InChI=1S/C24H18N2O5/c1-30-20-19(15-11-25-17-9-5-3-7-13(15)17)21(27)24(22(20)28,23(29)31-2)16-12-26-18-10-6-4-8-14(16)18/h3-12,25-26H,1-2H3/t24-/m0/s1. The van der Waals surface area contributed by atoms with Crippen LogP contribution in [0.3, 0.4) is 0 Å². The second-order valence-electron chi connectivity index (χ2n) is 7.30. The van der Waals surface area contributed by atoms with Crippen LogP contribution < -0.4 is 0 Å². The van der Waals surface area contributed by atoms with Gasteiger partial charge in [0, 0.05) is 45.3 Å². The molecule has 2 heterocycles. The molecule has 2 aromatic carbocycles. The first-order chi connectivity index (χ1) is 15.1. The Morgan fingerprint density at radius 2 is 1.45 bits per heavy atom. The first-order valence-corrected chi connectivity index (χ1v) is 9.65. The SMILES string of the molecule is COC(=O)[C@]1(c2c[nH]c3ccccc23)C(=O)C(OC)=C(c2c[nH]c3ccccc23)C1=O. The van der Waals surface area contributed by atoms with E-state index in [9.17, 15) is 14.4 Å². The number of para-hydroxylation sites is 2. The van der Waals surface area contributed by atoms with Gasteiger partial charge in [-0.25, -0.2) is 0 Å². The highest BCUT2D eigenvalue weighted by atomic mass is 16.5. The van der Waals surface area contributed by atoms with E-state index >= 15 is 0 Å². The Morgan fingerprint density at radius 3 is 2.13 bits per heavy atom. The second-order valence-corrected chi connectivity index (χ2v) is 7.30. The number of benzene rings is 2. The molecular formula is C24H18N2O5. The van der Waals surface area contributed by atoms with Crippen molar-refractivity contribution in [1.82, 2.24) is 9.97 Å². The zero-order valence-electron chi connectivity index (χ0n) is 16.8. The fraction of sp³-hybridized carbons (Fsp3) is 0.125. The van der Waals surface area contributed by atoms with Crippen molar-refractivity contribution < 1.29 is 23.9 Å². The summed E-state index contributed by atoms with van der Waals surface area (Å²) in [5, 5.41) is 1.33. The lowest BCUT2D eigenvalue weighted by atomic mass is 9.75. The number of carbonyl (C=O) groups excluding carboxylic acids is 3. The Balaban J connectivity index is 1.82. The van der Waals surface area contributed by atoms with Crippen LogP contribution in [0.15, 0.2) is 66.7 Å². The summed E-state index contributed by atoms with van der Waals surface area (Å²) in [6.07, 6.45) is 3.16. The summed E-state index contributed by atoms with van der Waals surface area (Å²) in [7, 11) is 2.48. The third-order valence-electron chi connectivity index (χ3n) is 5.89. The van der Waals surface area contributed by atoms with Gasteiger partial charge in [0.05, 0.1) is 19.8 Å². The number of nitrogens with one attached hydrogen (secondary N) is 2. The Kier molecular flexibility index (Phi) is 4.08. The molecule has 5 rings (SSSR count). The largest absolute Gasteiger partial charge is 0.492 e. The molecule has 7 nitrogen and oxygen atoms in total. The van der Waals surface area contributed by atoms with Gasteiger partial charge < -0.3 is 19.4 Å². The lowest BCUT2D eigenvalue weighted by Gasteiger charge is -2.23. The van der Waals surface area contributed by atoms with Crippen molar-refractivity contribution in [3.8, 4) is 0 Å². The van der Waals surface area contributed by atoms with E-state index in [1.165, 1.54) is 13.3 Å². The van der Waals surface area contributed by atoms with Gasteiger partial charge in [0.1, 0.15) is 0 Å². The van der Waals surface area contributed by atoms with Crippen LogP contribution in [-0.4, -0.2) is 41.7 Å². The van der Waals surface area contributed by atoms with Crippen molar-refractivity contribution in [3.63, 3.8) is 0 Å². The van der Waals surface area contributed by atoms with Crippen LogP contribution in [0.5, 0.6) is 0 Å². The van der Waals surface area contributed by atoms with Crippen LogP contribution in [0.2, 0.25) is 0 Å². The highest BCUT2D eigenvalue weighted by Crippen LogP contribution is 2.47. The molecule has 7 heteroatoms. The third kappa shape index (κ3) is 2.31. The van der Waals surface area contributed by atoms with Crippen molar-refractivity contribution in [3.05, 3.63) is 77.8 Å². The minimum Gasteiger partial charge on any atom is -0.492 e. The summed E-state index contributed by atoms with van der Waals surface area (Å²) in [6.45, 7) is 0. The quantitative estimate of drug-likeness (QED) is 0.394. The molecule has 0 unspecified atom stereocenters. The first-order valence-electron chi connectivity index (χ1n) is 9.65. The molecule has 31 heavy (non-hydrogen) atoms. The number of hydrogen-bond donors (Lipinski definition) is 2. The number of ether oxygens (including phenoxy) is 2. The van der Waals surface area contributed by atoms with E-state index in [0.29, 0.717) is 16.5 Å². The van der Waals surface area contributed by atoms with E-state index in [1.54, 1.807) is 24.4 Å². The smallest absolute Gasteiger partial charge is 0.332 e. The second kappa shape index (κ2) is 6.70. The van der Waals surface area contributed by atoms with Crippen LogP contribution in [0, 0.1) is 0 Å². The molecule has 0 aliphatic heterocycles. The number of rotatable bonds is 4. The van der Waals surface area contributed by atoms with E-state index in [-0.39, 0.29) is 16.9 Å². The summed E-state index contributed by atoms with van der Waals surface area (Å²) in [6, 6.07) is 14.5. The molecule has 2 N–H and O–H groups in total. The van der Waals surface area contributed by atoms with Crippen molar-refractivity contribution in [2.45, 2.75) is 5.41 Å². The Bertz CT molecular complexity index is 1420. The fourth-order valence-electron chi connectivity index (χ4n) is 4.47. The number of aromatic amines is 2. The van der Waals surface area contributed by atoms with Gasteiger partial charge in [0.25, 0.3) is 0 Å². The van der Waals surface area contributed by atoms with Crippen molar-refractivity contribution in [1.29, 1.82) is 0 Å². The van der Waals surface area contributed by atoms with Crippen molar-refractivity contribution >= 4 is 44.9 Å². The number of methoxy groups -OCH3 is 2. The number of allylic oxidation sites excluding steroid dienone is 2. The van der Waals surface area contributed by atoms with E-state index in [0.717, 1.165) is 18.0 Å². The molecule has 0 amide bonds. The maximum atomic E-state index is 14.0. The number of ketones is 2. The van der Waals surface area contributed by atoms with Crippen LogP contribution >= 0.6 is 0 Å². The van der Waals surface area contributed by atoms with Crippen LogP contribution in [-0.2, 0) is 29.3 Å². The average molecular weight is 414 g/mol. The maximum absolute atomic E-state index is 14.0. The molecule has 0 spiro atoms. The number of carbonyl (C=O) groups is 3. The number of Topliss-reactive ketones (excluding diaryl/α,β-unsaturated/α-hetero) is 2. The summed E-state index contributed by atoms with van der Waals surface area (Å²) in [5.41, 5.74) is 0.101. The summed E-state index contributed by atoms with van der Waals surface area (Å²) >= 11 is 0. The minimum atomic E-state index is -2.19. The number of hydrogen-bond acceptors (Lipinski definition) is 5. The van der Waals surface area contributed by atoms with Gasteiger partial charge in [-0.2, -0.15) is 0 Å². The van der Waals surface area contributed by atoms with Crippen LogP contribution in [0.25, 0.3) is 27.4 Å². The van der Waals surface area contributed by atoms with E-state index in [4.69, 9.17) is 9.47 Å². The van der Waals surface area contributed by atoms with Gasteiger partial charge in [-0.1, -0.05) is 36.4 Å².